The number of aromatic amines is 1. The molecule has 0 atom stereocenters. The number of aromatic nitrogens is 1. The maximum atomic E-state index is 3.59. The molecule has 2 nitrogen and oxygen atoms in total. The fraction of sp³-hybridized carbons (Fsp3) is 0. The van der Waals surface area contributed by atoms with Gasteiger partial charge < -0.3 is 9.88 Å². The van der Waals surface area contributed by atoms with E-state index in [0.29, 0.717) is 0 Å². The zero-order chi connectivity index (χ0) is 18.5. The zero-order valence-electron chi connectivity index (χ0n) is 15.3. The first kappa shape index (κ1) is 15.3. The van der Waals surface area contributed by atoms with Gasteiger partial charge in [-0.25, -0.2) is 0 Å². The molecule has 0 unspecified atom stereocenters. The molecule has 0 radical (unpaired) electrons. The van der Waals surface area contributed by atoms with Crippen molar-refractivity contribution in [3.8, 4) is 0 Å². The minimum Gasteiger partial charge on any atom is -0.354 e. The summed E-state index contributed by atoms with van der Waals surface area (Å²) < 4.78 is 0. The summed E-state index contributed by atoms with van der Waals surface area (Å²) in [6, 6.07) is 32.3. The summed E-state index contributed by atoms with van der Waals surface area (Å²) in [7, 11) is 0. The molecule has 1 aromatic heterocycles. The van der Waals surface area contributed by atoms with Gasteiger partial charge in [-0.05, 0) is 47.5 Å². The highest BCUT2D eigenvalue weighted by molar-refractivity contribution is 6.10. The van der Waals surface area contributed by atoms with E-state index in [1.807, 2.05) is 0 Å². The van der Waals surface area contributed by atoms with Gasteiger partial charge in [-0.1, -0.05) is 66.7 Å². The second-order valence-electron chi connectivity index (χ2n) is 7.19. The van der Waals surface area contributed by atoms with Crippen molar-refractivity contribution in [1.82, 2.24) is 4.98 Å². The molecule has 5 aromatic rings. The van der Waals surface area contributed by atoms with E-state index in [4.69, 9.17) is 0 Å². The number of nitrogens with one attached hydrogen (secondary N) is 1. The summed E-state index contributed by atoms with van der Waals surface area (Å²) >= 11 is 0. The monoisotopic (exact) mass is 358 g/mol. The average molecular weight is 358 g/mol. The summed E-state index contributed by atoms with van der Waals surface area (Å²) in [6.45, 7) is 0. The van der Waals surface area contributed by atoms with E-state index < -0.39 is 0 Å². The fourth-order valence-corrected chi connectivity index (χ4v) is 4.23. The average Bonchev–Trinajstić information content (AvgIpc) is 3.02. The van der Waals surface area contributed by atoms with Gasteiger partial charge in [0.2, 0.25) is 0 Å². The first-order valence-corrected chi connectivity index (χ1v) is 9.55. The maximum Gasteiger partial charge on any atom is 0.0555 e. The molecule has 28 heavy (non-hydrogen) atoms. The Balaban J connectivity index is 1.70. The van der Waals surface area contributed by atoms with Gasteiger partial charge in [0.25, 0.3) is 0 Å². The molecule has 2 heteroatoms. The molecule has 0 saturated heterocycles. The molecule has 0 spiro atoms. The summed E-state index contributed by atoms with van der Waals surface area (Å²) in [4.78, 5) is 5.95. The first-order valence-electron chi connectivity index (χ1n) is 9.55. The van der Waals surface area contributed by atoms with E-state index in [9.17, 15) is 0 Å². The number of nitrogens with zero attached hydrogens (tertiary/aromatic N) is 1. The topological polar surface area (TPSA) is 19.0 Å². The van der Waals surface area contributed by atoms with Crippen LogP contribution >= 0.6 is 0 Å². The van der Waals surface area contributed by atoms with Crippen LogP contribution in [0.4, 0.5) is 17.1 Å². The summed E-state index contributed by atoms with van der Waals surface area (Å²) in [6.07, 6.45) is 4.45. The van der Waals surface area contributed by atoms with Gasteiger partial charge in [-0.15, -0.1) is 0 Å². The lowest BCUT2D eigenvalue weighted by atomic mass is 10.1. The van der Waals surface area contributed by atoms with Crippen LogP contribution in [0.1, 0.15) is 11.1 Å². The number of para-hydroxylation sites is 3. The van der Waals surface area contributed by atoms with Crippen LogP contribution in [-0.4, -0.2) is 4.98 Å². The van der Waals surface area contributed by atoms with Crippen LogP contribution < -0.4 is 4.90 Å². The third kappa shape index (κ3) is 2.21. The zero-order valence-corrected chi connectivity index (χ0v) is 15.3. The molecule has 4 aromatic carbocycles. The highest BCUT2D eigenvalue weighted by atomic mass is 15.1. The third-order valence-corrected chi connectivity index (χ3v) is 5.53. The second kappa shape index (κ2) is 5.86. The Kier molecular flexibility index (Phi) is 3.20. The van der Waals surface area contributed by atoms with E-state index in [0.717, 1.165) is 11.2 Å². The molecule has 0 aliphatic carbocycles. The number of anilines is 3. The minimum absolute atomic E-state index is 1.16. The Morgan fingerprint density at radius 2 is 1.29 bits per heavy atom. The van der Waals surface area contributed by atoms with E-state index >= 15 is 0 Å². The first-order chi connectivity index (χ1) is 13.9. The highest BCUT2D eigenvalue weighted by Gasteiger charge is 2.21. The molecule has 1 aliphatic rings. The number of fused-ring (bicyclic) bond motifs is 5. The molecular formula is C26H18N2. The van der Waals surface area contributed by atoms with Gasteiger partial charge in [0, 0.05) is 27.5 Å². The maximum absolute atomic E-state index is 3.59. The summed E-state index contributed by atoms with van der Waals surface area (Å²) in [5.74, 6) is 0. The van der Waals surface area contributed by atoms with Crippen molar-refractivity contribution < 1.29 is 0 Å². The number of rotatable bonds is 1. The van der Waals surface area contributed by atoms with Gasteiger partial charge in [0.15, 0.2) is 0 Å². The van der Waals surface area contributed by atoms with Crippen molar-refractivity contribution in [2.75, 3.05) is 4.90 Å². The quantitative estimate of drug-likeness (QED) is 0.327. The van der Waals surface area contributed by atoms with Crippen LogP contribution in [0, 0.1) is 0 Å². The van der Waals surface area contributed by atoms with Crippen LogP contribution in [0.2, 0.25) is 0 Å². The van der Waals surface area contributed by atoms with Crippen molar-refractivity contribution in [3.63, 3.8) is 0 Å². The molecule has 0 saturated carbocycles. The molecule has 132 valence electrons. The smallest absolute Gasteiger partial charge is 0.0555 e. The van der Waals surface area contributed by atoms with Crippen LogP contribution in [0.15, 0.2) is 91.0 Å². The summed E-state index contributed by atoms with van der Waals surface area (Å²) in [5.41, 5.74) is 8.32. The van der Waals surface area contributed by atoms with Crippen molar-refractivity contribution in [2.45, 2.75) is 0 Å². The van der Waals surface area contributed by atoms with Crippen molar-refractivity contribution >= 4 is 51.0 Å². The molecule has 0 bridgehead atoms. The van der Waals surface area contributed by atoms with Gasteiger partial charge in [-0.3, -0.25) is 0 Å². The van der Waals surface area contributed by atoms with Crippen LogP contribution in [0.5, 0.6) is 0 Å². The second-order valence-corrected chi connectivity index (χ2v) is 7.19. The Labute approximate surface area is 163 Å². The summed E-state index contributed by atoms with van der Waals surface area (Å²) in [5, 5.41) is 2.53. The van der Waals surface area contributed by atoms with Gasteiger partial charge in [-0.2, -0.15) is 0 Å². The molecule has 1 aliphatic heterocycles. The fourth-order valence-electron chi connectivity index (χ4n) is 4.23. The largest absolute Gasteiger partial charge is 0.354 e. The van der Waals surface area contributed by atoms with Crippen LogP contribution in [0.3, 0.4) is 0 Å². The Morgan fingerprint density at radius 1 is 0.536 bits per heavy atom. The highest BCUT2D eigenvalue weighted by Crippen LogP contribution is 2.43. The number of H-pyrrole nitrogens is 1. The minimum atomic E-state index is 1.16. The van der Waals surface area contributed by atoms with Gasteiger partial charge in [0.05, 0.1) is 11.4 Å². The Hall–Kier alpha value is -3.78. The number of hydrogen-bond acceptors (Lipinski definition) is 1. The van der Waals surface area contributed by atoms with Crippen LogP contribution in [-0.2, 0) is 0 Å². The molecule has 6 rings (SSSR count). The SMILES string of the molecule is C1=Cc2cc3c(cc2N(c2ccccc2)c2ccccc21)[nH]c1ccccc13. The van der Waals surface area contributed by atoms with E-state index in [1.165, 1.54) is 38.8 Å². The number of hydrogen-bond donors (Lipinski definition) is 1. The van der Waals surface area contributed by atoms with Crippen molar-refractivity contribution in [2.24, 2.45) is 0 Å². The predicted molar refractivity (Wildman–Crippen MR) is 119 cm³/mol. The lowest BCUT2D eigenvalue weighted by molar-refractivity contribution is 1.28. The molecular weight excluding hydrogens is 340 g/mol. The van der Waals surface area contributed by atoms with Crippen molar-refractivity contribution in [3.05, 3.63) is 102 Å². The molecule has 2 heterocycles. The van der Waals surface area contributed by atoms with Gasteiger partial charge in [0.1, 0.15) is 0 Å². The van der Waals surface area contributed by atoms with Gasteiger partial charge >= 0.3 is 0 Å². The number of benzene rings is 4. The lowest BCUT2D eigenvalue weighted by Gasteiger charge is -2.27. The third-order valence-electron chi connectivity index (χ3n) is 5.53. The van der Waals surface area contributed by atoms with E-state index in [1.54, 1.807) is 0 Å². The van der Waals surface area contributed by atoms with Crippen LogP contribution in [0.25, 0.3) is 34.0 Å². The standard InChI is InChI=1S/C26H18N2/c1-2-9-20(10-3-1)28-25-13-7-4-8-18(25)14-15-19-16-22-21-11-5-6-12-23(21)27-24(22)17-26(19)28/h1-17,27H. The Morgan fingerprint density at radius 3 is 2.21 bits per heavy atom. The molecule has 0 amide bonds. The normalized spacial score (nSPS) is 12.8. The van der Waals surface area contributed by atoms with E-state index in [2.05, 4.69) is 113 Å². The lowest BCUT2D eigenvalue weighted by Crippen LogP contribution is -2.11. The molecule has 0 fully saturated rings. The van der Waals surface area contributed by atoms with Crippen molar-refractivity contribution in [1.29, 1.82) is 0 Å². The molecule has 1 N–H and O–H groups in total. The predicted octanol–water partition coefficient (Wildman–Crippen LogP) is 7.27. The van der Waals surface area contributed by atoms with E-state index in [-0.39, 0.29) is 0 Å². The Bertz CT molecular complexity index is 1360.